The molecule has 1 aliphatic heterocycles. The van der Waals surface area contributed by atoms with Gasteiger partial charge in [-0.25, -0.2) is 0 Å². The first kappa shape index (κ1) is 20.5. The van der Waals surface area contributed by atoms with Crippen molar-refractivity contribution in [3.8, 4) is 11.5 Å². The molecule has 0 aromatic heterocycles. The highest BCUT2D eigenvalue weighted by atomic mass is 79.9. The Labute approximate surface area is 177 Å². The minimum atomic E-state index is -0.0657. The number of likely N-dealkylation sites (N-methyl/N-ethyl adjacent to an activating group) is 1. The maximum absolute atomic E-state index is 12.4. The van der Waals surface area contributed by atoms with Crippen molar-refractivity contribution in [3.63, 3.8) is 0 Å². The minimum Gasteiger partial charge on any atom is -0.490 e. The SMILES string of the molecule is CCOc1cc(/C=C2/SC(=NC)N(C)C2=O)cc(Br)c1OCc1ccccc1. The van der Waals surface area contributed by atoms with Gasteiger partial charge in [-0.15, -0.1) is 0 Å². The molecule has 0 saturated carbocycles. The molecular weight excluding hydrogens is 440 g/mol. The standard InChI is InChI=1S/C21H21BrN2O3S/c1-4-26-17-11-15(12-18-20(25)24(3)21(23-2)28-18)10-16(22)19(17)27-13-14-8-6-5-7-9-14/h5-12H,4,13H2,1-3H3/b18-12+,23-21?. The summed E-state index contributed by atoms with van der Waals surface area (Å²) >= 11 is 4.94. The Bertz CT molecular complexity index is 929. The summed E-state index contributed by atoms with van der Waals surface area (Å²) in [5, 5.41) is 0.683. The highest BCUT2D eigenvalue weighted by Crippen LogP contribution is 2.39. The Hall–Kier alpha value is -2.25. The van der Waals surface area contributed by atoms with Gasteiger partial charge in [0.15, 0.2) is 16.7 Å². The molecule has 1 fully saturated rings. The number of halogens is 1. The van der Waals surface area contributed by atoms with Crippen LogP contribution in [-0.2, 0) is 11.4 Å². The van der Waals surface area contributed by atoms with Crippen molar-refractivity contribution >= 4 is 44.8 Å². The van der Waals surface area contributed by atoms with Gasteiger partial charge in [-0.1, -0.05) is 30.3 Å². The number of thioether (sulfide) groups is 1. The van der Waals surface area contributed by atoms with Crippen LogP contribution in [0.4, 0.5) is 0 Å². The monoisotopic (exact) mass is 460 g/mol. The highest BCUT2D eigenvalue weighted by Gasteiger charge is 2.29. The zero-order valence-corrected chi connectivity index (χ0v) is 18.3. The number of nitrogens with zero attached hydrogens (tertiary/aromatic N) is 2. The molecule has 1 saturated heterocycles. The molecule has 0 spiro atoms. The second-order valence-electron chi connectivity index (χ2n) is 6.02. The lowest BCUT2D eigenvalue weighted by Crippen LogP contribution is -2.23. The van der Waals surface area contributed by atoms with E-state index in [0.29, 0.717) is 34.8 Å². The zero-order valence-electron chi connectivity index (χ0n) is 15.9. The Kier molecular flexibility index (Phi) is 6.80. The molecule has 2 aromatic rings. The predicted octanol–water partition coefficient (Wildman–Crippen LogP) is 4.96. The van der Waals surface area contributed by atoms with E-state index in [-0.39, 0.29) is 5.91 Å². The molecular formula is C21H21BrN2O3S. The number of benzene rings is 2. The number of amides is 1. The largest absolute Gasteiger partial charge is 0.490 e. The quantitative estimate of drug-likeness (QED) is 0.571. The molecule has 5 nitrogen and oxygen atoms in total. The van der Waals surface area contributed by atoms with Gasteiger partial charge in [0.25, 0.3) is 5.91 Å². The van der Waals surface area contributed by atoms with E-state index in [2.05, 4.69) is 20.9 Å². The zero-order chi connectivity index (χ0) is 20.1. The van der Waals surface area contributed by atoms with Crippen LogP contribution in [0.15, 0.2) is 56.8 Å². The van der Waals surface area contributed by atoms with Gasteiger partial charge in [0.05, 0.1) is 16.0 Å². The molecule has 0 atom stereocenters. The number of aliphatic imine (C=N–C) groups is 1. The van der Waals surface area contributed by atoms with Crippen LogP contribution in [0.3, 0.4) is 0 Å². The van der Waals surface area contributed by atoms with Crippen LogP contribution in [0, 0.1) is 0 Å². The number of carbonyl (C=O) groups excluding carboxylic acids is 1. The van der Waals surface area contributed by atoms with Gasteiger partial charge in [0.1, 0.15) is 6.61 Å². The van der Waals surface area contributed by atoms with Crippen molar-refractivity contribution in [3.05, 3.63) is 63.0 Å². The van der Waals surface area contributed by atoms with Crippen LogP contribution in [0.2, 0.25) is 0 Å². The third kappa shape index (κ3) is 4.59. The first-order valence-corrected chi connectivity index (χ1v) is 10.4. The van der Waals surface area contributed by atoms with Crippen LogP contribution in [0.25, 0.3) is 6.08 Å². The minimum absolute atomic E-state index is 0.0657. The normalized spacial score (nSPS) is 16.9. The van der Waals surface area contributed by atoms with Crippen molar-refractivity contribution in [1.82, 2.24) is 4.90 Å². The molecule has 146 valence electrons. The number of hydrogen-bond acceptors (Lipinski definition) is 5. The molecule has 0 radical (unpaired) electrons. The fraction of sp³-hybridized carbons (Fsp3) is 0.238. The summed E-state index contributed by atoms with van der Waals surface area (Å²) in [6.07, 6.45) is 1.84. The average Bonchev–Trinajstić information content (AvgIpc) is 2.96. The summed E-state index contributed by atoms with van der Waals surface area (Å²) < 4.78 is 12.6. The van der Waals surface area contributed by atoms with E-state index < -0.39 is 0 Å². The van der Waals surface area contributed by atoms with Crippen molar-refractivity contribution in [2.75, 3.05) is 20.7 Å². The molecule has 1 heterocycles. The molecule has 7 heteroatoms. The Morgan fingerprint density at radius 3 is 2.61 bits per heavy atom. The molecule has 1 amide bonds. The number of amidine groups is 1. The summed E-state index contributed by atoms with van der Waals surface area (Å²) in [4.78, 5) is 18.7. The summed E-state index contributed by atoms with van der Waals surface area (Å²) in [5.74, 6) is 1.21. The average molecular weight is 461 g/mol. The Morgan fingerprint density at radius 1 is 1.21 bits per heavy atom. The van der Waals surface area contributed by atoms with Crippen LogP contribution >= 0.6 is 27.7 Å². The van der Waals surface area contributed by atoms with Gasteiger partial charge in [-0.3, -0.25) is 14.7 Å². The van der Waals surface area contributed by atoms with E-state index in [4.69, 9.17) is 9.47 Å². The van der Waals surface area contributed by atoms with E-state index in [0.717, 1.165) is 15.6 Å². The molecule has 28 heavy (non-hydrogen) atoms. The number of ether oxygens (including phenoxy) is 2. The van der Waals surface area contributed by atoms with Crippen LogP contribution in [0.1, 0.15) is 18.1 Å². The fourth-order valence-electron chi connectivity index (χ4n) is 2.70. The molecule has 0 aliphatic carbocycles. The Morgan fingerprint density at radius 2 is 1.96 bits per heavy atom. The second-order valence-corrected chi connectivity index (χ2v) is 7.88. The molecule has 0 N–H and O–H groups in total. The van der Waals surface area contributed by atoms with Gasteiger partial charge >= 0.3 is 0 Å². The van der Waals surface area contributed by atoms with Crippen molar-refractivity contribution in [2.24, 2.45) is 4.99 Å². The van der Waals surface area contributed by atoms with Crippen molar-refractivity contribution in [2.45, 2.75) is 13.5 Å². The van der Waals surface area contributed by atoms with E-state index >= 15 is 0 Å². The van der Waals surface area contributed by atoms with Gasteiger partial charge in [-0.05, 0) is 64.0 Å². The van der Waals surface area contributed by atoms with E-state index in [1.165, 1.54) is 11.8 Å². The van der Waals surface area contributed by atoms with E-state index in [9.17, 15) is 4.79 Å². The topological polar surface area (TPSA) is 51.1 Å². The lowest BCUT2D eigenvalue weighted by atomic mass is 10.1. The summed E-state index contributed by atoms with van der Waals surface area (Å²) in [5.41, 5.74) is 1.93. The molecule has 0 unspecified atom stereocenters. The van der Waals surface area contributed by atoms with Gasteiger partial charge in [0, 0.05) is 14.1 Å². The third-order valence-electron chi connectivity index (χ3n) is 4.05. The lowest BCUT2D eigenvalue weighted by Gasteiger charge is -2.15. The lowest BCUT2D eigenvalue weighted by molar-refractivity contribution is -0.121. The predicted molar refractivity (Wildman–Crippen MR) is 118 cm³/mol. The molecule has 2 aromatic carbocycles. The fourth-order valence-corrected chi connectivity index (χ4v) is 4.21. The first-order chi connectivity index (χ1) is 13.5. The smallest absolute Gasteiger partial charge is 0.266 e. The van der Waals surface area contributed by atoms with Crippen LogP contribution in [0.5, 0.6) is 11.5 Å². The second kappa shape index (κ2) is 9.30. The molecule has 0 bridgehead atoms. The van der Waals surface area contributed by atoms with Crippen LogP contribution in [-0.4, -0.2) is 36.7 Å². The van der Waals surface area contributed by atoms with Crippen LogP contribution < -0.4 is 9.47 Å². The third-order valence-corrected chi connectivity index (χ3v) is 5.79. The number of hydrogen-bond donors (Lipinski definition) is 0. The van der Waals surface area contributed by atoms with Gasteiger partial charge < -0.3 is 9.47 Å². The number of carbonyl (C=O) groups is 1. The molecule has 1 aliphatic rings. The maximum atomic E-state index is 12.4. The van der Waals surface area contributed by atoms with E-state index in [1.54, 1.807) is 19.0 Å². The van der Waals surface area contributed by atoms with Crippen molar-refractivity contribution in [1.29, 1.82) is 0 Å². The Balaban J connectivity index is 1.88. The number of rotatable bonds is 6. The first-order valence-electron chi connectivity index (χ1n) is 8.81. The molecule has 3 rings (SSSR count). The summed E-state index contributed by atoms with van der Waals surface area (Å²) in [7, 11) is 3.40. The van der Waals surface area contributed by atoms with E-state index in [1.807, 2.05) is 55.5 Å². The summed E-state index contributed by atoms with van der Waals surface area (Å²) in [6, 6.07) is 13.8. The highest BCUT2D eigenvalue weighted by molar-refractivity contribution is 9.10. The van der Waals surface area contributed by atoms with Crippen molar-refractivity contribution < 1.29 is 14.3 Å². The van der Waals surface area contributed by atoms with Gasteiger partial charge in [-0.2, -0.15) is 0 Å². The summed E-state index contributed by atoms with van der Waals surface area (Å²) in [6.45, 7) is 2.88. The maximum Gasteiger partial charge on any atom is 0.266 e. The van der Waals surface area contributed by atoms with Gasteiger partial charge in [0.2, 0.25) is 0 Å².